The predicted octanol–water partition coefficient (Wildman–Crippen LogP) is 2.17. The van der Waals surface area contributed by atoms with E-state index < -0.39 is 0 Å². The van der Waals surface area contributed by atoms with Crippen LogP contribution < -0.4 is 10.5 Å². The number of benzene rings is 1. The van der Waals surface area contributed by atoms with E-state index in [2.05, 4.69) is 10.2 Å². The summed E-state index contributed by atoms with van der Waals surface area (Å²) in [4.78, 5) is 0. The van der Waals surface area contributed by atoms with E-state index in [-0.39, 0.29) is 0 Å². The number of nitrogens with zero attached hydrogens (tertiary/aromatic N) is 4. The molecule has 0 atom stereocenters. The summed E-state index contributed by atoms with van der Waals surface area (Å²) in [7, 11) is 3.32. The molecule has 0 aliphatic heterocycles. The first-order valence-corrected chi connectivity index (χ1v) is 7.97. The van der Waals surface area contributed by atoms with Gasteiger partial charge in [0.15, 0.2) is 0 Å². The van der Waals surface area contributed by atoms with Crippen molar-refractivity contribution < 1.29 is 9.47 Å². The van der Waals surface area contributed by atoms with Crippen LogP contribution in [0.25, 0.3) is 11.3 Å². The first-order chi connectivity index (χ1) is 12.2. The van der Waals surface area contributed by atoms with Gasteiger partial charge in [0.25, 0.3) is 0 Å². The van der Waals surface area contributed by atoms with Crippen LogP contribution in [-0.2, 0) is 17.7 Å². The second-order valence-corrected chi connectivity index (χ2v) is 5.59. The molecule has 3 rings (SSSR count). The Balaban J connectivity index is 1.94. The van der Waals surface area contributed by atoms with Gasteiger partial charge in [-0.15, -0.1) is 0 Å². The molecule has 2 aromatic heterocycles. The summed E-state index contributed by atoms with van der Waals surface area (Å²) in [5, 5.41) is 12.5. The Morgan fingerprint density at radius 1 is 1.08 bits per heavy atom. The third kappa shape index (κ3) is 3.77. The van der Waals surface area contributed by atoms with Crippen LogP contribution in [0, 0.1) is 0 Å². The lowest BCUT2D eigenvalue weighted by molar-refractivity contribution is 0.202. The number of hydrogen-bond acceptors (Lipinski definition) is 6. The van der Waals surface area contributed by atoms with Crippen LogP contribution in [0.4, 0.5) is 5.82 Å². The van der Waals surface area contributed by atoms with Crippen molar-refractivity contribution in [2.45, 2.75) is 13.0 Å². The van der Waals surface area contributed by atoms with Gasteiger partial charge in [0.05, 0.1) is 38.3 Å². The number of aromatic nitrogens is 4. The van der Waals surface area contributed by atoms with Gasteiger partial charge in [-0.3, -0.25) is 0 Å². The van der Waals surface area contributed by atoms with E-state index in [1.165, 1.54) is 0 Å². The van der Waals surface area contributed by atoms with Crippen molar-refractivity contribution in [3.05, 3.63) is 53.9 Å². The minimum atomic E-state index is 0.573. The largest absolute Gasteiger partial charge is 0.497 e. The fourth-order valence-corrected chi connectivity index (χ4v) is 2.65. The van der Waals surface area contributed by atoms with Crippen LogP contribution in [0.15, 0.2) is 42.7 Å². The van der Waals surface area contributed by atoms with Crippen LogP contribution in [0.5, 0.6) is 5.75 Å². The smallest absolute Gasteiger partial charge is 0.126 e. The van der Waals surface area contributed by atoms with E-state index in [1.807, 2.05) is 35.0 Å². The van der Waals surface area contributed by atoms with Crippen molar-refractivity contribution in [3.63, 3.8) is 0 Å². The lowest BCUT2D eigenvalue weighted by Gasteiger charge is -2.06. The topological polar surface area (TPSA) is 88.1 Å². The zero-order valence-corrected chi connectivity index (χ0v) is 14.3. The minimum Gasteiger partial charge on any atom is -0.497 e. The Morgan fingerprint density at radius 2 is 1.88 bits per heavy atom. The maximum absolute atomic E-state index is 6.37. The molecule has 0 aliphatic rings. The molecule has 0 saturated carbocycles. The standard InChI is InChI=1S/C18H21N5O2/c1-24-10-8-16-17(14-7-9-20-21-11-14)22-23(18(16)19)12-13-3-5-15(25-2)6-4-13/h3-7,9,11H,8,10,12,19H2,1-2H3. The first-order valence-electron chi connectivity index (χ1n) is 7.97. The number of nitrogen functional groups attached to an aromatic ring is 1. The number of ether oxygens (including phenoxy) is 2. The van der Waals surface area contributed by atoms with E-state index in [0.29, 0.717) is 25.4 Å². The molecule has 0 bridgehead atoms. The van der Waals surface area contributed by atoms with E-state index in [0.717, 1.165) is 28.1 Å². The van der Waals surface area contributed by atoms with E-state index in [4.69, 9.17) is 20.3 Å². The second kappa shape index (κ2) is 7.76. The molecule has 0 spiro atoms. The minimum absolute atomic E-state index is 0.573. The molecule has 0 unspecified atom stereocenters. The molecule has 0 fully saturated rings. The van der Waals surface area contributed by atoms with E-state index in [1.54, 1.807) is 26.6 Å². The van der Waals surface area contributed by atoms with E-state index >= 15 is 0 Å². The fourth-order valence-electron chi connectivity index (χ4n) is 2.65. The molecular formula is C18H21N5O2. The fraction of sp³-hybridized carbons (Fsp3) is 0.278. The Labute approximate surface area is 146 Å². The molecule has 0 radical (unpaired) electrons. The number of anilines is 1. The van der Waals surface area contributed by atoms with Gasteiger partial charge in [0.1, 0.15) is 11.6 Å². The lowest BCUT2D eigenvalue weighted by Crippen LogP contribution is -2.07. The zero-order chi connectivity index (χ0) is 17.6. The molecule has 2 N–H and O–H groups in total. The normalized spacial score (nSPS) is 10.8. The van der Waals surface area contributed by atoms with E-state index in [9.17, 15) is 0 Å². The van der Waals surface area contributed by atoms with Crippen LogP contribution in [0.2, 0.25) is 0 Å². The number of hydrogen-bond donors (Lipinski definition) is 1. The molecule has 0 amide bonds. The monoisotopic (exact) mass is 339 g/mol. The Morgan fingerprint density at radius 3 is 2.52 bits per heavy atom. The molecule has 2 heterocycles. The molecular weight excluding hydrogens is 318 g/mol. The molecule has 7 heteroatoms. The van der Waals surface area contributed by atoms with Gasteiger partial charge in [-0.05, 0) is 23.8 Å². The summed E-state index contributed by atoms with van der Waals surface area (Å²) < 4.78 is 12.2. The summed E-state index contributed by atoms with van der Waals surface area (Å²) in [5.41, 5.74) is 10.1. The third-order valence-electron chi connectivity index (χ3n) is 4.00. The highest BCUT2D eigenvalue weighted by Gasteiger charge is 2.17. The number of nitrogens with two attached hydrogens (primary N) is 1. The molecule has 130 valence electrons. The maximum atomic E-state index is 6.37. The van der Waals surface area contributed by atoms with Crippen LogP contribution >= 0.6 is 0 Å². The quantitative estimate of drug-likeness (QED) is 0.710. The van der Waals surface area contributed by atoms with Crippen molar-refractivity contribution in [2.75, 3.05) is 26.6 Å². The molecule has 3 aromatic rings. The summed E-state index contributed by atoms with van der Waals surface area (Å²) in [6.45, 7) is 1.15. The number of methoxy groups -OCH3 is 2. The highest BCUT2D eigenvalue weighted by atomic mass is 16.5. The SMILES string of the molecule is COCCc1c(-c2ccnnc2)nn(Cc2ccc(OC)cc2)c1N. The van der Waals surface area contributed by atoms with Gasteiger partial charge in [-0.25, -0.2) is 4.68 Å². The van der Waals surface area contributed by atoms with Crippen LogP contribution in [0.3, 0.4) is 0 Å². The molecule has 25 heavy (non-hydrogen) atoms. The Bertz CT molecular complexity index is 815. The average molecular weight is 339 g/mol. The van der Waals surface area contributed by atoms with Crippen molar-refractivity contribution in [3.8, 4) is 17.0 Å². The molecule has 1 aromatic carbocycles. The van der Waals surface area contributed by atoms with Crippen LogP contribution in [0.1, 0.15) is 11.1 Å². The summed E-state index contributed by atoms with van der Waals surface area (Å²) in [6.07, 6.45) is 4.02. The third-order valence-corrected chi connectivity index (χ3v) is 4.00. The van der Waals surface area contributed by atoms with Gasteiger partial charge in [-0.2, -0.15) is 15.3 Å². The van der Waals surface area contributed by atoms with Gasteiger partial charge < -0.3 is 15.2 Å². The van der Waals surface area contributed by atoms with Gasteiger partial charge in [0.2, 0.25) is 0 Å². The summed E-state index contributed by atoms with van der Waals surface area (Å²) in [6, 6.07) is 9.73. The number of rotatable bonds is 7. The predicted molar refractivity (Wildman–Crippen MR) is 95.3 cm³/mol. The van der Waals surface area contributed by atoms with Gasteiger partial charge in [-0.1, -0.05) is 12.1 Å². The van der Waals surface area contributed by atoms with Crippen molar-refractivity contribution >= 4 is 5.82 Å². The van der Waals surface area contributed by atoms with Gasteiger partial charge in [0, 0.05) is 24.7 Å². The highest BCUT2D eigenvalue weighted by molar-refractivity contribution is 5.67. The Kier molecular flexibility index (Phi) is 5.25. The lowest BCUT2D eigenvalue weighted by atomic mass is 10.1. The highest BCUT2D eigenvalue weighted by Crippen LogP contribution is 2.27. The average Bonchev–Trinajstić information content (AvgIpc) is 2.97. The van der Waals surface area contributed by atoms with Crippen molar-refractivity contribution in [1.82, 2.24) is 20.0 Å². The molecule has 0 aliphatic carbocycles. The zero-order valence-electron chi connectivity index (χ0n) is 14.3. The van der Waals surface area contributed by atoms with Gasteiger partial charge >= 0.3 is 0 Å². The summed E-state index contributed by atoms with van der Waals surface area (Å²) in [5.74, 6) is 1.46. The van der Waals surface area contributed by atoms with Crippen molar-refractivity contribution in [2.24, 2.45) is 0 Å². The van der Waals surface area contributed by atoms with Crippen molar-refractivity contribution in [1.29, 1.82) is 0 Å². The maximum Gasteiger partial charge on any atom is 0.126 e. The molecule has 7 nitrogen and oxygen atoms in total. The first kappa shape index (κ1) is 16.9. The summed E-state index contributed by atoms with van der Waals surface area (Å²) >= 11 is 0. The Hall–Kier alpha value is -2.93. The molecule has 0 saturated heterocycles. The van der Waals surface area contributed by atoms with Crippen LogP contribution in [-0.4, -0.2) is 40.8 Å². The second-order valence-electron chi connectivity index (χ2n) is 5.59.